The molecule has 0 spiro atoms. The minimum absolute atomic E-state index is 0.118. The third-order valence-electron chi connectivity index (χ3n) is 5.34. The molecular formula is C21H30N8. The van der Waals surface area contributed by atoms with Gasteiger partial charge in [0.2, 0.25) is 11.9 Å². The Hall–Kier alpha value is -2.74. The summed E-state index contributed by atoms with van der Waals surface area (Å²) in [5.41, 5.74) is 7.41. The van der Waals surface area contributed by atoms with E-state index in [1.807, 2.05) is 18.2 Å². The Balaban J connectivity index is 1.74. The summed E-state index contributed by atoms with van der Waals surface area (Å²) in [6.07, 6.45) is 7.95. The zero-order valence-electron chi connectivity index (χ0n) is 17.4. The average molecular weight is 395 g/mol. The summed E-state index contributed by atoms with van der Waals surface area (Å²) >= 11 is 0. The van der Waals surface area contributed by atoms with Crippen molar-refractivity contribution in [3.05, 3.63) is 30.6 Å². The van der Waals surface area contributed by atoms with Gasteiger partial charge in [-0.3, -0.25) is 4.57 Å². The predicted octanol–water partition coefficient (Wildman–Crippen LogP) is 3.87. The summed E-state index contributed by atoms with van der Waals surface area (Å²) in [6, 6.07) is 6.12. The molecule has 8 heteroatoms. The Bertz CT molecular complexity index is 952. The molecule has 0 saturated heterocycles. The van der Waals surface area contributed by atoms with E-state index in [1.165, 1.54) is 0 Å². The molecule has 4 rings (SSSR count). The highest BCUT2D eigenvalue weighted by atomic mass is 15.3. The molecular weight excluding hydrogens is 364 g/mol. The fourth-order valence-electron chi connectivity index (χ4n) is 3.91. The standard InChI is InChI=1S/C21H30N8/c1-21(2,3)28-19-24-13-16-18(27-19)29(15-9-7-14(12-22)8-10-15)20(25-16)26-17-6-4-5-11-23-17/h4-6,11,13-15H,7-10,12,22H2,1-3H3,(H,23,25,26)(H,24,27,28). The van der Waals surface area contributed by atoms with Crippen molar-refractivity contribution >= 4 is 28.9 Å². The third kappa shape index (κ3) is 4.48. The first-order chi connectivity index (χ1) is 13.9. The molecule has 0 atom stereocenters. The van der Waals surface area contributed by atoms with Crippen molar-refractivity contribution in [2.45, 2.75) is 58.0 Å². The van der Waals surface area contributed by atoms with Crippen LogP contribution in [0.3, 0.4) is 0 Å². The molecule has 0 aliphatic heterocycles. The van der Waals surface area contributed by atoms with Crippen molar-refractivity contribution < 1.29 is 0 Å². The molecule has 3 aromatic heterocycles. The summed E-state index contributed by atoms with van der Waals surface area (Å²) in [4.78, 5) is 18.5. The molecule has 29 heavy (non-hydrogen) atoms. The first-order valence-corrected chi connectivity index (χ1v) is 10.3. The predicted molar refractivity (Wildman–Crippen MR) is 116 cm³/mol. The van der Waals surface area contributed by atoms with Crippen LogP contribution in [0.4, 0.5) is 17.7 Å². The number of hydrogen-bond donors (Lipinski definition) is 3. The normalized spacial score (nSPS) is 20.0. The third-order valence-corrected chi connectivity index (χ3v) is 5.34. The summed E-state index contributed by atoms with van der Waals surface area (Å²) in [5, 5.41) is 6.75. The van der Waals surface area contributed by atoms with Gasteiger partial charge in [0.05, 0.1) is 6.20 Å². The van der Waals surface area contributed by atoms with Gasteiger partial charge in [-0.1, -0.05) is 6.07 Å². The monoisotopic (exact) mass is 394 g/mol. The van der Waals surface area contributed by atoms with Crippen LogP contribution in [0.1, 0.15) is 52.5 Å². The number of imidazole rings is 1. The number of rotatable bonds is 5. The molecule has 1 saturated carbocycles. The Morgan fingerprint density at radius 3 is 2.55 bits per heavy atom. The maximum Gasteiger partial charge on any atom is 0.225 e. The van der Waals surface area contributed by atoms with Crippen LogP contribution in [0, 0.1) is 5.92 Å². The number of nitrogens with one attached hydrogen (secondary N) is 2. The van der Waals surface area contributed by atoms with E-state index in [0.29, 0.717) is 17.9 Å². The van der Waals surface area contributed by atoms with Crippen LogP contribution in [0.2, 0.25) is 0 Å². The fraction of sp³-hybridized carbons (Fsp3) is 0.524. The van der Waals surface area contributed by atoms with Crippen LogP contribution in [-0.2, 0) is 0 Å². The molecule has 4 N–H and O–H groups in total. The van der Waals surface area contributed by atoms with Gasteiger partial charge >= 0.3 is 0 Å². The molecule has 0 bridgehead atoms. The second-order valence-electron chi connectivity index (χ2n) is 8.83. The highest BCUT2D eigenvalue weighted by molar-refractivity contribution is 5.76. The number of aromatic nitrogens is 5. The molecule has 3 heterocycles. The molecule has 8 nitrogen and oxygen atoms in total. The molecule has 1 fully saturated rings. The minimum atomic E-state index is -0.118. The van der Waals surface area contributed by atoms with Gasteiger partial charge in [0.25, 0.3) is 0 Å². The van der Waals surface area contributed by atoms with Crippen molar-refractivity contribution in [2.24, 2.45) is 11.7 Å². The van der Waals surface area contributed by atoms with E-state index < -0.39 is 0 Å². The van der Waals surface area contributed by atoms with Crippen LogP contribution in [0.5, 0.6) is 0 Å². The van der Waals surface area contributed by atoms with Crippen LogP contribution >= 0.6 is 0 Å². The number of fused-ring (bicyclic) bond motifs is 1. The molecule has 3 aromatic rings. The molecule has 0 aromatic carbocycles. The van der Waals surface area contributed by atoms with Crippen molar-refractivity contribution in [2.75, 3.05) is 17.2 Å². The fourth-order valence-corrected chi connectivity index (χ4v) is 3.91. The van der Waals surface area contributed by atoms with Gasteiger partial charge in [-0.15, -0.1) is 0 Å². The number of nitrogens with zero attached hydrogens (tertiary/aromatic N) is 5. The van der Waals surface area contributed by atoms with E-state index in [4.69, 9.17) is 15.7 Å². The zero-order chi connectivity index (χ0) is 20.4. The van der Waals surface area contributed by atoms with E-state index in [0.717, 1.165) is 55.2 Å². The van der Waals surface area contributed by atoms with E-state index in [-0.39, 0.29) is 5.54 Å². The summed E-state index contributed by atoms with van der Waals surface area (Å²) in [5.74, 6) is 2.75. The van der Waals surface area contributed by atoms with Crippen LogP contribution in [-0.4, -0.2) is 36.6 Å². The van der Waals surface area contributed by atoms with Gasteiger partial charge in [-0.2, -0.15) is 4.98 Å². The second kappa shape index (κ2) is 7.94. The lowest BCUT2D eigenvalue weighted by atomic mass is 9.86. The largest absolute Gasteiger partial charge is 0.350 e. The van der Waals surface area contributed by atoms with E-state index in [1.54, 1.807) is 12.4 Å². The number of anilines is 3. The first-order valence-electron chi connectivity index (χ1n) is 10.3. The van der Waals surface area contributed by atoms with Crippen molar-refractivity contribution in [1.82, 2.24) is 24.5 Å². The summed E-state index contributed by atoms with van der Waals surface area (Å²) < 4.78 is 2.23. The Morgan fingerprint density at radius 2 is 1.90 bits per heavy atom. The van der Waals surface area contributed by atoms with Crippen molar-refractivity contribution in [3.63, 3.8) is 0 Å². The smallest absolute Gasteiger partial charge is 0.225 e. The lowest BCUT2D eigenvalue weighted by molar-refractivity contribution is 0.284. The minimum Gasteiger partial charge on any atom is -0.350 e. The first kappa shape index (κ1) is 19.6. The van der Waals surface area contributed by atoms with Gasteiger partial charge in [-0.25, -0.2) is 15.0 Å². The number of pyridine rings is 1. The highest BCUT2D eigenvalue weighted by Gasteiger charge is 2.26. The maximum atomic E-state index is 5.90. The quantitative estimate of drug-likeness (QED) is 0.603. The van der Waals surface area contributed by atoms with E-state index in [9.17, 15) is 0 Å². The van der Waals surface area contributed by atoms with E-state index in [2.05, 4.69) is 45.9 Å². The van der Waals surface area contributed by atoms with Crippen LogP contribution in [0.25, 0.3) is 11.2 Å². The topological polar surface area (TPSA) is 107 Å². The highest BCUT2D eigenvalue weighted by Crippen LogP contribution is 2.36. The Morgan fingerprint density at radius 1 is 1.10 bits per heavy atom. The maximum absolute atomic E-state index is 5.90. The van der Waals surface area contributed by atoms with Crippen LogP contribution < -0.4 is 16.4 Å². The van der Waals surface area contributed by atoms with Gasteiger partial charge in [0, 0.05) is 17.8 Å². The summed E-state index contributed by atoms with van der Waals surface area (Å²) in [6.45, 7) is 7.05. The Labute approximate surface area is 171 Å². The van der Waals surface area contributed by atoms with Gasteiger partial charge in [0.1, 0.15) is 11.3 Å². The molecule has 154 valence electrons. The molecule has 0 radical (unpaired) electrons. The number of hydrogen-bond acceptors (Lipinski definition) is 7. The van der Waals surface area contributed by atoms with Gasteiger partial charge in [-0.05, 0) is 71.0 Å². The zero-order valence-corrected chi connectivity index (χ0v) is 17.4. The SMILES string of the molecule is CC(C)(C)Nc1ncc2nc(Nc3ccccn3)n(C3CCC(CN)CC3)c2n1. The number of nitrogens with two attached hydrogens (primary N) is 1. The van der Waals surface area contributed by atoms with Gasteiger partial charge < -0.3 is 16.4 Å². The second-order valence-corrected chi connectivity index (χ2v) is 8.83. The molecule has 1 aliphatic rings. The molecule has 0 unspecified atom stereocenters. The van der Waals surface area contributed by atoms with Gasteiger partial charge in [0.15, 0.2) is 5.65 Å². The summed E-state index contributed by atoms with van der Waals surface area (Å²) in [7, 11) is 0. The van der Waals surface area contributed by atoms with Crippen LogP contribution in [0.15, 0.2) is 30.6 Å². The molecule has 0 amide bonds. The van der Waals surface area contributed by atoms with E-state index >= 15 is 0 Å². The lowest BCUT2D eigenvalue weighted by Gasteiger charge is -2.29. The van der Waals surface area contributed by atoms with Crippen molar-refractivity contribution in [1.29, 1.82) is 0 Å². The lowest BCUT2D eigenvalue weighted by Crippen LogP contribution is -2.27. The van der Waals surface area contributed by atoms with Crippen molar-refractivity contribution in [3.8, 4) is 0 Å². The molecule has 1 aliphatic carbocycles. The Kier molecular flexibility index (Phi) is 5.36. The average Bonchev–Trinajstić information content (AvgIpc) is 3.04.